The van der Waals surface area contributed by atoms with Crippen molar-refractivity contribution in [3.05, 3.63) is 0 Å². The lowest BCUT2D eigenvalue weighted by molar-refractivity contribution is 0.539. The lowest BCUT2D eigenvalue weighted by atomic mass is 10.0. The fourth-order valence-corrected chi connectivity index (χ4v) is 6.36. The normalized spacial score (nSPS) is 16.9. The summed E-state index contributed by atoms with van der Waals surface area (Å²) in [6, 6.07) is 0. The Bertz CT molecular complexity index is 387. The molecule has 3 heteroatoms. The van der Waals surface area contributed by atoms with Crippen LogP contribution in [0.4, 0.5) is 0 Å². The number of thioether (sulfide) groups is 1. The number of hydrogen-bond donors (Lipinski definition) is 0. The third-order valence-electron chi connectivity index (χ3n) is 7.27. The van der Waals surface area contributed by atoms with Gasteiger partial charge in [-0.3, -0.25) is 0 Å². The molecule has 196 valence electrons. The van der Waals surface area contributed by atoms with E-state index in [0.29, 0.717) is 0 Å². The van der Waals surface area contributed by atoms with E-state index < -0.39 is 0 Å². The van der Waals surface area contributed by atoms with Crippen LogP contribution in [0.2, 0.25) is 0 Å². The number of nitrogens with zero attached hydrogens (tertiary/aromatic N) is 2. The third kappa shape index (κ3) is 23.5. The van der Waals surface area contributed by atoms with Crippen molar-refractivity contribution in [3.8, 4) is 0 Å². The van der Waals surface area contributed by atoms with E-state index in [9.17, 15) is 0 Å². The van der Waals surface area contributed by atoms with Gasteiger partial charge < -0.3 is 0 Å². The molecule has 0 unspecified atom stereocenters. The first-order chi connectivity index (χ1) is 16.4. The molecule has 0 N–H and O–H groups in total. The SMILES string of the molecule is CCCCCCCCCCCCCCC/N=N/CCCCSC1CCCCCCCCCC1. The highest BCUT2D eigenvalue weighted by molar-refractivity contribution is 7.99. The van der Waals surface area contributed by atoms with Crippen LogP contribution in [0.5, 0.6) is 0 Å². The zero-order chi connectivity index (χ0) is 23.5. The average Bonchev–Trinajstić information content (AvgIpc) is 2.89. The lowest BCUT2D eigenvalue weighted by Crippen LogP contribution is -2.04. The standard InChI is InChI=1S/C30H60N2S/c1-2-3-4-5-6-7-8-9-10-13-16-19-22-27-31-32-28-23-24-29-33-30-25-20-17-14-11-12-15-18-21-26-30/h30H,2-29H2,1H3/b32-31+. The van der Waals surface area contributed by atoms with Crippen molar-refractivity contribution in [1.82, 2.24) is 0 Å². The highest BCUT2D eigenvalue weighted by Crippen LogP contribution is 2.26. The van der Waals surface area contributed by atoms with Gasteiger partial charge in [0.05, 0.1) is 13.1 Å². The van der Waals surface area contributed by atoms with Gasteiger partial charge in [0, 0.05) is 5.25 Å². The largest absolute Gasteiger partial charge is 0.194 e. The maximum absolute atomic E-state index is 4.43. The molecule has 1 aliphatic rings. The molecule has 0 aromatic rings. The highest BCUT2D eigenvalue weighted by Gasteiger charge is 2.10. The second-order valence-electron chi connectivity index (χ2n) is 10.6. The second kappa shape index (κ2) is 26.6. The molecular formula is C30H60N2S. The van der Waals surface area contributed by atoms with Crippen LogP contribution >= 0.6 is 11.8 Å². The number of rotatable bonds is 20. The molecule has 0 saturated heterocycles. The van der Waals surface area contributed by atoms with Crippen molar-refractivity contribution in [2.24, 2.45) is 10.2 Å². The molecule has 1 rings (SSSR count). The summed E-state index contributed by atoms with van der Waals surface area (Å²) in [5, 5.41) is 9.77. The minimum atomic E-state index is 0.931. The van der Waals surface area contributed by atoms with Crippen LogP contribution in [0.25, 0.3) is 0 Å². The van der Waals surface area contributed by atoms with E-state index in [1.54, 1.807) is 0 Å². The average molecular weight is 481 g/mol. The van der Waals surface area contributed by atoms with E-state index in [1.807, 2.05) is 0 Å². The highest BCUT2D eigenvalue weighted by atomic mass is 32.2. The van der Waals surface area contributed by atoms with Crippen LogP contribution in [0, 0.1) is 0 Å². The fourth-order valence-electron chi connectivity index (χ4n) is 4.99. The molecule has 0 aliphatic heterocycles. The van der Waals surface area contributed by atoms with Gasteiger partial charge in [0.1, 0.15) is 0 Å². The first-order valence-electron chi connectivity index (χ1n) is 15.4. The zero-order valence-electron chi connectivity index (χ0n) is 22.7. The van der Waals surface area contributed by atoms with Crippen molar-refractivity contribution in [3.63, 3.8) is 0 Å². The molecule has 0 radical (unpaired) electrons. The molecule has 0 aromatic carbocycles. The van der Waals surface area contributed by atoms with Crippen molar-refractivity contribution < 1.29 is 0 Å². The van der Waals surface area contributed by atoms with Crippen LogP contribution < -0.4 is 0 Å². The Morgan fingerprint density at radius 3 is 1.36 bits per heavy atom. The van der Waals surface area contributed by atoms with Gasteiger partial charge in [0.15, 0.2) is 0 Å². The Balaban J connectivity index is 1.80. The molecule has 0 bridgehead atoms. The van der Waals surface area contributed by atoms with E-state index in [-0.39, 0.29) is 0 Å². The van der Waals surface area contributed by atoms with Crippen LogP contribution in [0.1, 0.15) is 167 Å². The molecule has 0 atom stereocenters. The third-order valence-corrected chi connectivity index (χ3v) is 8.74. The summed E-state index contributed by atoms with van der Waals surface area (Å²) in [5.74, 6) is 1.33. The number of azo groups is 1. The summed E-state index contributed by atoms with van der Waals surface area (Å²) in [6.07, 6.45) is 35.6. The maximum atomic E-state index is 4.43. The predicted octanol–water partition coefficient (Wildman–Crippen LogP) is 11.3. The topological polar surface area (TPSA) is 24.7 Å². The van der Waals surface area contributed by atoms with Gasteiger partial charge in [0.2, 0.25) is 0 Å². The minimum Gasteiger partial charge on any atom is -0.194 e. The van der Waals surface area contributed by atoms with Gasteiger partial charge >= 0.3 is 0 Å². The summed E-state index contributed by atoms with van der Waals surface area (Å²) in [7, 11) is 0. The Morgan fingerprint density at radius 2 is 0.879 bits per heavy atom. The summed E-state index contributed by atoms with van der Waals surface area (Å²) >= 11 is 2.26. The molecule has 1 saturated carbocycles. The summed E-state index contributed by atoms with van der Waals surface area (Å²) in [6.45, 7) is 4.20. The zero-order valence-corrected chi connectivity index (χ0v) is 23.5. The van der Waals surface area contributed by atoms with Crippen LogP contribution in [-0.4, -0.2) is 24.1 Å². The Hall–Kier alpha value is -0.0500. The molecule has 1 aliphatic carbocycles. The number of hydrogen-bond acceptors (Lipinski definition) is 3. The molecule has 0 heterocycles. The van der Waals surface area contributed by atoms with Crippen molar-refractivity contribution in [2.75, 3.05) is 18.8 Å². The molecule has 0 amide bonds. The van der Waals surface area contributed by atoms with Gasteiger partial charge in [0.25, 0.3) is 0 Å². The molecule has 33 heavy (non-hydrogen) atoms. The maximum Gasteiger partial charge on any atom is 0.0599 e. The lowest BCUT2D eigenvalue weighted by Gasteiger charge is -2.16. The van der Waals surface area contributed by atoms with E-state index in [1.165, 1.54) is 166 Å². The summed E-state index contributed by atoms with van der Waals surface area (Å²) in [4.78, 5) is 0. The quantitative estimate of drug-likeness (QED) is 0.125. The van der Waals surface area contributed by atoms with Crippen molar-refractivity contribution in [2.45, 2.75) is 173 Å². The summed E-state index contributed by atoms with van der Waals surface area (Å²) < 4.78 is 0. The predicted molar refractivity (Wildman–Crippen MR) is 152 cm³/mol. The molecule has 2 nitrogen and oxygen atoms in total. The van der Waals surface area contributed by atoms with E-state index >= 15 is 0 Å². The first kappa shape index (κ1) is 31.0. The van der Waals surface area contributed by atoms with E-state index in [0.717, 1.165) is 18.3 Å². The van der Waals surface area contributed by atoms with Gasteiger partial charge in [-0.05, 0) is 37.9 Å². The Kier molecular flexibility index (Phi) is 24.9. The van der Waals surface area contributed by atoms with Crippen molar-refractivity contribution in [1.29, 1.82) is 0 Å². The summed E-state index contributed by atoms with van der Waals surface area (Å²) in [5.41, 5.74) is 0. The minimum absolute atomic E-state index is 0.931. The smallest absolute Gasteiger partial charge is 0.0599 e. The van der Waals surface area contributed by atoms with Gasteiger partial charge in [-0.2, -0.15) is 22.0 Å². The van der Waals surface area contributed by atoms with Crippen molar-refractivity contribution >= 4 is 11.8 Å². The fraction of sp³-hybridized carbons (Fsp3) is 1.00. The monoisotopic (exact) mass is 480 g/mol. The Morgan fingerprint density at radius 1 is 0.485 bits per heavy atom. The van der Waals surface area contributed by atoms with Crippen LogP contribution in [0.15, 0.2) is 10.2 Å². The Labute approximate surface area is 213 Å². The molecule has 0 aromatic heterocycles. The molecule has 0 spiro atoms. The van der Waals surface area contributed by atoms with Crippen LogP contribution in [-0.2, 0) is 0 Å². The van der Waals surface area contributed by atoms with E-state index in [2.05, 4.69) is 28.9 Å². The van der Waals surface area contributed by atoms with Crippen LogP contribution in [0.3, 0.4) is 0 Å². The number of unbranched alkanes of at least 4 members (excludes halogenated alkanes) is 13. The second-order valence-corrected chi connectivity index (χ2v) is 12.0. The van der Waals surface area contributed by atoms with Gasteiger partial charge in [-0.25, -0.2) is 0 Å². The van der Waals surface area contributed by atoms with Gasteiger partial charge in [-0.1, -0.05) is 135 Å². The molecule has 1 fully saturated rings. The first-order valence-corrected chi connectivity index (χ1v) is 16.4. The van der Waals surface area contributed by atoms with E-state index in [4.69, 9.17) is 0 Å². The molecular weight excluding hydrogens is 420 g/mol. The van der Waals surface area contributed by atoms with Gasteiger partial charge in [-0.15, -0.1) is 0 Å².